The summed E-state index contributed by atoms with van der Waals surface area (Å²) in [5.74, 6) is 2.59. The molecule has 0 atom stereocenters. The molecule has 2 heterocycles. The van der Waals surface area contributed by atoms with Gasteiger partial charge in [-0.2, -0.15) is 15.0 Å². The predicted octanol–water partition coefficient (Wildman–Crippen LogP) is 4.82. The third-order valence-corrected chi connectivity index (χ3v) is 4.64. The molecule has 2 aromatic rings. The first-order valence-corrected chi connectivity index (χ1v) is 9.34. The largest absolute Gasteiger partial charge is 0.328 e. The van der Waals surface area contributed by atoms with Crippen LogP contribution in [-0.2, 0) is 0 Å². The van der Waals surface area contributed by atoms with Crippen LogP contribution < -0.4 is 5.32 Å². The molecule has 0 aromatic carbocycles. The number of hydrogen-bond acceptors (Lipinski definition) is 6. The summed E-state index contributed by atoms with van der Waals surface area (Å²) in [6, 6.07) is 5.39. The minimum atomic E-state index is 0.404. The average Bonchev–Trinajstić information content (AvgIpc) is 3.48. The summed E-state index contributed by atoms with van der Waals surface area (Å²) in [6.07, 6.45) is 7.11. The zero-order valence-electron chi connectivity index (χ0n) is 14.9. The molecule has 26 heavy (non-hydrogen) atoms. The number of rotatable bonds is 6. The van der Waals surface area contributed by atoms with E-state index in [-0.39, 0.29) is 0 Å². The van der Waals surface area contributed by atoms with E-state index in [0.717, 1.165) is 11.4 Å². The molecule has 0 spiro atoms. The molecule has 2 saturated carbocycles. The Balaban J connectivity index is 1.69. The van der Waals surface area contributed by atoms with Gasteiger partial charge < -0.3 is 5.32 Å². The van der Waals surface area contributed by atoms with Crippen LogP contribution in [0.15, 0.2) is 35.0 Å². The highest BCUT2D eigenvalue weighted by Crippen LogP contribution is 2.32. The maximum Gasteiger partial charge on any atom is 0.254 e. The quantitative estimate of drug-likeness (QED) is 0.584. The van der Waals surface area contributed by atoms with Crippen molar-refractivity contribution in [2.24, 2.45) is 16.8 Å². The highest BCUT2D eigenvalue weighted by molar-refractivity contribution is 6.29. The van der Waals surface area contributed by atoms with Gasteiger partial charge in [-0.3, -0.25) is 0 Å². The van der Waals surface area contributed by atoms with Gasteiger partial charge in [0.15, 0.2) is 5.82 Å². The second kappa shape index (κ2) is 7.11. The molecule has 6 nitrogen and oxygen atoms in total. The Hall–Kier alpha value is -2.34. The summed E-state index contributed by atoms with van der Waals surface area (Å²) < 4.78 is 0. The second-order valence-electron chi connectivity index (χ2n) is 6.97. The third kappa shape index (κ3) is 4.43. The fourth-order valence-corrected chi connectivity index (χ4v) is 2.87. The van der Waals surface area contributed by atoms with Crippen LogP contribution in [0.25, 0.3) is 11.5 Å². The number of halogens is 1. The van der Waals surface area contributed by atoms with Crippen molar-refractivity contribution >= 4 is 29.2 Å². The van der Waals surface area contributed by atoms with E-state index in [2.05, 4.69) is 36.3 Å². The molecule has 0 saturated heterocycles. The lowest BCUT2D eigenvalue weighted by atomic mass is 10.3. The Bertz CT molecular complexity index is 883. The third-order valence-electron chi connectivity index (χ3n) is 4.43. The van der Waals surface area contributed by atoms with Crippen molar-refractivity contribution in [3.8, 4) is 11.5 Å². The van der Waals surface area contributed by atoms with Crippen molar-refractivity contribution < 1.29 is 0 Å². The Labute approximate surface area is 157 Å². The van der Waals surface area contributed by atoms with Crippen molar-refractivity contribution in [2.75, 3.05) is 5.32 Å². The highest BCUT2D eigenvalue weighted by Gasteiger charge is 2.25. The molecule has 2 aromatic heterocycles. The van der Waals surface area contributed by atoms with Crippen LogP contribution in [0.1, 0.15) is 39.5 Å². The lowest BCUT2D eigenvalue weighted by Crippen LogP contribution is -2.05. The number of nitrogens with zero attached hydrogens (tertiary/aromatic N) is 5. The van der Waals surface area contributed by atoms with Crippen molar-refractivity contribution in [2.45, 2.75) is 39.5 Å². The maximum absolute atomic E-state index is 6.02. The molecule has 2 fully saturated rings. The SMILES string of the molecule is CC(=CC1CC1)Nc1nc(N=C(C)C2CC2)nc(-c2cccc(Cl)n2)n1. The first-order valence-electron chi connectivity index (χ1n) is 8.96. The predicted molar refractivity (Wildman–Crippen MR) is 104 cm³/mol. The van der Waals surface area contributed by atoms with Gasteiger partial charge in [-0.25, -0.2) is 9.98 Å². The minimum absolute atomic E-state index is 0.404. The summed E-state index contributed by atoms with van der Waals surface area (Å²) >= 11 is 6.02. The smallest absolute Gasteiger partial charge is 0.254 e. The summed E-state index contributed by atoms with van der Waals surface area (Å²) in [5.41, 5.74) is 2.71. The molecule has 7 heteroatoms. The topological polar surface area (TPSA) is 76.0 Å². The first-order chi connectivity index (χ1) is 12.6. The van der Waals surface area contributed by atoms with Crippen LogP contribution in [0.3, 0.4) is 0 Å². The van der Waals surface area contributed by atoms with Crippen LogP contribution in [0.4, 0.5) is 11.9 Å². The Morgan fingerprint density at radius 3 is 2.62 bits per heavy atom. The van der Waals surface area contributed by atoms with Crippen LogP contribution in [0.5, 0.6) is 0 Å². The Morgan fingerprint density at radius 1 is 1.12 bits per heavy atom. The molecule has 0 unspecified atom stereocenters. The summed E-state index contributed by atoms with van der Waals surface area (Å²) in [7, 11) is 0. The molecule has 0 radical (unpaired) electrons. The van der Waals surface area contributed by atoms with Gasteiger partial charge in [-0.1, -0.05) is 23.7 Å². The lowest BCUT2D eigenvalue weighted by Gasteiger charge is -2.08. The van der Waals surface area contributed by atoms with Gasteiger partial charge in [0.25, 0.3) is 5.95 Å². The number of nitrogens with one attached hydrogen (secondary N) is 1. The van der Waals surface area contributed by atoms with Gasteiger partial charge in [-0.15, -0.1) is 0 Å². The van der Waals surface area contributed by atoms with Crippen molar-refractivity contribution in [1.29, 1.82) is 0 Å². The molecular weight excluding hydrogens is 348 g/mol. The number of pyridine rings is 1. The molecular formula is C19H21ClN6. The zero-order valence-corrected chi connectivity index (χ0v) is 15.7. The fraction of sp³-hybridized carbons (Fsp3) is 0.421. The van der Waals surface area contributed by atoms with Gasteiger partial charge in [-0.05, 0) is 63.5 Å². The second-order valence-corrected chi connectivity index (χ2v) is 7.35. The lowest BCUT2D eigenvalue weighted by molar-refractivity contribution is 1.01. The van der Waals surface area contributed by atoms with Gasteiger partial charge in [0, 0.05) is 11.4 Å². The number of allylic oxidation sites excluding steroid dienone is 2. The number of anilines is 1. The van der Waals surface area contributed by atoms with Crippen LogP contribution in [0, 0.1) is 11.8 Å². The van der Waals surface area contributed by atoms with Gasteiger partial charge in [0.1, 0.15) is 10.8 Å². The molecule has 4 rings (SSSR count). The molecule has 2 aliphatic rings. The van der Waals surface area contributed by atoms with E-state index in [1.807, 2.05) is 26.0 Å². The van der Waals surface area contributed by atoms with Gasteiger partial charge in [0.05, 0.1) is 0 Å². The van der Waals surface area contributed by atoms with E-state index in [9.17, 15) is 0 Å². The van der Waals surface area contributed by atoms with E-state index in [1.165, 1.54) is 25.7 Å². The highest BCUT2D eigenvalue weighted by atomic mass is 35.5. The minimum Gasteiger partial charge on any atom is -0.328 e. The van der Waals surface area contributed by atoms with Crippen LogP contribution in [0.2, 0.25) is 5.15 Å². The molecule has 134 valence electrons. The van der Waals surface area contributed by atoms with Crippen molar-refractivity contribution in [1.82, 2.24) is 19.9 Å². The molecule has 0 bridgehead atoms. The van der Waals surface area contributed by atoms with Crippen LogP contribution in [-0.4, -0.2) is 25.6 Å². The van der Waals surface area contributed by atoms with Gasteiger partial charge >= 0.3 is 0 Å². The number of hydrogen-bond donors (Lipinski definition) is 1. The Morgan fingerprint density at radius 2 is 1.92 bits per heavy atom. The van der Waals surface area contributed by atoms with Crippen molar-refractivity contribution in [3.05, 3.63) is 35.1 Å². The fourth-order valence-electron chi connectivity index (χ4n) is 2.70. The monoisotopic (exact) mass is 368 g/mol. The first kappa shape index (κ1) is 17.1. The zero-order chi connectivity index (χ0) is 18.1. The van der Waals surface area contributed by atoms with E-state index >= 15 is 0 Å². The summed E-state index contributed by atoms with van der Waals surface area (Å²) in [5, 5.41) is 3.67. The van der Waals surface area contributed by atoms with Crippen LogP contribution >= 0.6 is 11.6 Å². The van der Waals surface area contributed by atoms with E-state index in [1.54, 1.807) is 6.07 Å². The Kier molecular flexibility index (Phi) is 4.68. The molecule has 0 aliphatic heterocycles. The average molecular weight is 369 g/mol. The van der Waals surface area contributed by atoms with Crippen molar-refractivity contribution in [3.63, 3.8) is 0 Å². The summed E-state index contributed by atoms with van der Waals surface area (Å²) in [6.45, 7) is 4.06. The van der Waals surface area contributed by atoms with E-state index in [4.69, 9.17) is 11.6 Å². The normalized spacial score (nSPS) is 18.1. The molecule has 1 N–H and O–H groups in total. The summed E-state index contributed by atoms with van der Waals surface area (Å²) in [4.78, 5) is 22.4. The maximum atomic E-state index is 6.02. The molecule has 0 amide bonds. The van der Waals surface area contributed by atoms with Gasteiger partial charge in [0.2, 0.25) is 5.95 Å². The van der Waals surface area contributed by atoms with E-state index < -0.39 is 0 Å². The number of aromatic nitrogens is 4. The molecule has 2 aliphatic carbocycles. The standard InChI is InChI=1S/C19H21ClN6/c1-11(10-13-6-7-13)21-18-24-17(15-4-3-5-16(20)23-15)25-19(26-18)22-12(2)14-8-9-14/h3-5,10,13-14H,6-9H2,1-2H3,(H,21,24,25,26). The van der Waals surface area contributed by atoms with E-state index in [0.29, 0.717) is 40.4 Å². The number of aliphatic imine (C=N–C) groups is 1.